The van der Waals surface area contributed by atoms with Crippen molar-refractivity contribution in [3.8, 4) is 0 Å². The van der Waals surface area contributed by atoms with Crippen molar-refractivity contribution in [3.05, 3.63) is 5.82 Å². The third kappa shape index (κ3) is 4.69. The molecule has 8 heteroatoms. The molecule has 1 aromatic rings. The largest absolute Gasteiger partial charge is 0.500 e. The highest BCUT2D eigenvalue weighted by molar-refractivity contribution is 7.99. The Bertz CT molecular complexity index is 339. The van der Waals surface area contributed by atoms with E-state index in [4.69, 9.17) is 13.3 Å². The number of aryl methyl sites for hydroxylation is 1. The van der Waals surface area contributed by atoms with Gasteiger partial charge >= 0.3 is 8.80 Å². The highest BCUT2D eigenvalue weighted by Gasteiger charge is 2.36. The molecule has 0 saturated carbocycles. The molecule has 1 N–H and O–H groups in total. The number of nitrogens with zero attached hydrogens (tertiary/aromatic N) is 2. The number of rotatable bonds is 9. The molecule has 0 saturated heterocycles. The van der Waals surface area contributed by atoms with E-state index in [1.807, 2.05) is 6.92 Å². The molecule has 0 radical (unpaired) electrons. The molecular weight excluding hydrogens is 270 g/mol. The number of hydrogen-bond acceptors (Lipinski definition) is 6. The van der Waals surface area contributed by atoms with Crippen molar-refractivity contribution < 1.29 is 13.3 Å². The lowest BCUT2D eigenvalue weighted by Crippen LogP contribution is -2.42. The summed E-state index contributed by atoms with van der Waals surface area (Å²) < 4.78 is 16.1. The summed E-state index contributed by atoms with van der Waals surface area (Å²) in [5.41, 5.74) is 0. The van der Waals surface area contributed by atoms with Gasteiger partial charge in [-0.2, -0.15) is 0 Å². The zero-order valence-electron chi connectivity index (χ0n) is 11.4. The molecule has 0 atom stereocenters. The summed E-state index contributed by atoms with van der Waals surface area (Å²) in [6.45, 7) is 1.90. The van der Waals surface area contributed by atoms with Gasteiger partial charge in [0, 0.05) is 33.1 Å². The predicted molar refractivity (Wildman–Crippen MR) is 72.7 cm³/mol. The number of unbranched alkanes of at least 4 members (excludes halogenated alkanes) is 1. The first-order valence-corrected chi connectivity index (χ1v) is 8.75. The maximum atomic E-state index is 5.36. The van der Waals surface area contributed by atoms with Crippen molar-refractivity contribution in [1.82, 2.24) is 15.2 Å². The first-order chi connectivity index (χ1) is 8.65. The van der Waals surface area contributed by atoms with Gasteiger partial charge in [0.25, 0.3) is 0 Å². The lowest BCUT2D eigenvalue weighted by Gasteiger charge is -2.24. The van der Waals surface area contributed by atoms with Crippen LogP contribution in [0.4, 0.5) is 0 Å². The smallest absolute Gasteiger partial charge is 0.377 e. The van der Waals surface area contributed by atoms with Crippen LogP contribution in [0.5, 0.6) is 0 Å². The quantitative estimate of drug-likeness (QED) is 0.425. The van der Waals surface area contributed by atoms with Gasteiger partial charge in [-0.1, -0.05) is 11.8 Å². The van der Waals surface area contributed by atoms with Gasteiger partial charge in [-0.05, 0) is 19.8 Å². The molecule has 0 spiro atoms. The Morgan fingerprint density at radius 1 is 1.17 bits per heavy atom. The summed E-state index contributed by atoms with van der Waals surface area (Å²) in [5, 5.41) is 7.70. The molecule has 1 aromatic heterocycles. The SMILES string of the molecule is CO[Si](CCCCSc1n[nH]c(C)n1)(OC)OC. The number of hydrogen-bond donors (Lipinski definition) is 1. The Labute approximate surface area is 113 Å². The van der Waals surface area contributed by atoms with Crippen LogP contribution in [0.3, 0.4) is 0 Å². The van der Waals surface area contributed by atoms with Crippen molar-refractivity contribution >= 4 is 20.6 Å². The Morgan fingerprint density at radius 2 is 1.83 bits per heavy atom. The highest BCUT2D eigenvalue weighted by Crippen LogP contribution is 2.19. The van der Waals surface area contributed by atoms with Crippen molar-refractivity contribution in [3.63, 3.8) is 0 Å². The second-order valence-corrected chi connectivity index (χ2v) is 7.96. The van der Waals surface area contributed by atoms with Crippen LogP contribution >= 0.6 is 11.8 Å². The third-order valence-corrected chi connectivity index (χ3v) is 6.38. The molecule has 0 amide bonds. The predicted octanol–water partition coefficient (Wildman–Crippen LogP) is 1.86. The molecule has 1 rings (SSSR count). The lowest BCUT2D eigenvalue weighted by molar-refractivity contribution is 0.123. The fourth-order valence-corrected chi connectivity index (χ4v) is 4.19. The average Bonchev–Trinajstić information content (AvgIpc) is 2.80. The lowest BCUT2D eigenvalue weighted by atomic mass is 10.4. The fraction of sp³-hybridized carbons (Fsp3) is 0.800. The van der Waals surface area contributed by atoms with E-state index in [-0.39, 0.29) is 0 Å². The summed E-state index contributed by atoms with van der Waals surface area (Å²) in [4.78, 5) is 4.24. The van der Waals surface area contributed by atoms with Gasteiger partial charge < -0.3 is 13.3 Å². The minimum atomic E-state index is -2.39. The number of aromatic nitrogens is 3. The van der Waals surface area contributed by atoms with Crippen LogP contribution in [0.25, 0.3) is 0 Å². The summed E-state index contributed by atoms with van der Waals surface area (Å²) in [7, 11) is 2.54. The monoisotopic (exact) mass is 291 g/mol. The van der Waals surface area contributed by atoms with Crippen LogP contribution < -0.4 is 0 Å². The molecule has 0 unspecified atom stereocenters. The maximum Gasteiger partial charge on any atom is 0.500 e. The van der Waals surface area contributed by atoms with Gasteiger partial charge in [0.1, 0.15) is 5.82 Å². The van der Waals surface area contributed by atoms with E-state index in [2.05, 4.69) is 15.2 Å². The minimum absolute atomic E-state index is 0.807. The molecule has 0 aromatic carbocycles. The van der Waals surface area contributed by atoms with E-state index < -0.39 is 8.80 Å². The van der Waals surface area contributed by atoms with Crippen LogP contribution in [0.15, 0.2) is 5.16 Å². The van der Waals surface area contributed by atoms with Crippen molar-refractivity contribution in [2.45, 2.75) is 31.0 Å². The van der Waals surface area contributed by atoms with Crippen LogP contribution in [0.1, 0.15) is 18.7 Å². The highest BCUT2D eigenvalue weighted by atomic mass is 32.2. The fourth-order valence-electron chi connectivity index (χ4n) is 1.55. The Hall–Kier alpha value is -0.413. The first kappa shape index (κ1) is 15.6. The molecular formula is C10H21N3O3SSi. The molecule has 0 bridgehead atoms. The van der Waals surface area contributed by atoms with E-state index in [0.29, 0.717) is 0 Å². The molecule has 0 aliphatic carbocycles. The number of nitrogens with one attached hydrogen (secondary N) is 1. The molecule has 6 nitrogen and oxygen atoms in total. The molecule has 18 heavy (non-hydrogen) atoms. The number of aromatic amines is 1. The van der Waals surface area contributed by atoms with Gasteiger partial charge in [-0.3, -0.25) is 5.10 Å². The van der Waals surface area contributed by atoms with Gasteiger partial charge in [0.05, 0.1) is 0 Å². The minimum Gasteiger partial charge on any atom is -0.377 e. The van der Waals surface area contributed by atoms with E-state index in [0.717, 1.165) is 35.6 Å². The summed E-state index contributed by atoms with van der Waals surface area (Å²) in [6.07, 6.45) is 2.07. The van der Waals surface area contributed by atoms with E-state index in [1.165, 1.54) is 0 Å². The van der Waals surface area contributed by atoms with Crippen LogP contribution in [0, 0.1) is 6.92 Å². The van der Waals surface area contributed by atoms with E-state index in [9.17, 15) is 0 Å². The van der Waals surface area contributed by atoms with Crippen molar-refractivity contribution in [2.24, 2.45) is 0 Å². The Balaban J connectivity index is 2.18. The second kappa shape index (κ2) is 7.90. The Kier molecular flexibility index (Phi) is 6.86. The van der Waals surface area contributed by atoms with Crippen molar-refractivity contribution in [1.29, 1.82) is 0 Å². The molecule has 1 heterocycles. The molecule has 0 aliphatic rings. The number of H-pyrrole nitrogens is 1. The standard InChI is InChI=1S/C10H21N3O3SSi/c1-9-11-10(13-12-9)17-7-5-6-8-18(14-2,15-3)16-4/h5-8H2,1-4H3,(H,11,12,13). The normalized spacial score (nSPS) is 12.0. The van der Waals surface area contributed by atoms with Crippen LogP contribution in [-0.4, -0.2) is 51.1 Å². The van der Waals surface area contributed by atoms with Crippen molar-refractivity contribution in [2.75, 3.05) is 27.1 Å². The van der Waals surface area contributed by atoms with E-state index >= 15 is 0 Å². The molecule has 104 valence electrons. The van der Waals surface area contributed by atoms with Gasteiger partial charge in [-0.15, -0.1) is 5.10 Å². The van der Waals surface area contributed by atoms with Gasteiger partial charge in [-0.25, -0.2) is 4.98 Å². The zero-order valence-corrected chi connectivity index (χ0v) is 13.2. The van der Waals surface area contributed by atoms with Gasteiger partial charge in [0.15, 0.2) is 0 Å². The first-order valence-electron chi connectivity index (χ1n) is 5.83. The Morgan fingerprint density at radius 3 is 2.33 bits per heavy atom. The topological polar surface area (TPSA) is 69.3 Å². The molecule has 0 fully saturated rings. The van der Waals surface area contributed by atoms with Crippen LogP contribution in [-0.2, 0) is 13.3 Å². The molecule has 0 aliphatic heterocycles. The van der Waals surface area contributed by atoms with Crippen LogP contribution in [0.2, 0.25) is 6.04 Å². The summed E-state index contributed by atoms with van der Waals surface area (Å²) in [6, 6.07) is 0.837. The average molecular weight is 291 g/mol. The zero-order chi connectivity index (χ0) is 13.4. The second-order valence-electron chi connectivity index (χ2n) is 3.80. The maximum absolute atomic E-state index is 5.36. The third-order valence-electron chi connectivity index (χ3n) is 2.62. The van der Waals surface area contributed by atoms with Gasteiger partial charge in [0.2, 0.25) is 5.16 Å². The number of thioether (sulfide) groups is 1. The summed E-state index contributed by atoms with van der Waals surface area (Å²) in [5.74, 6) is 1.83. The summed E-state index contributed by atoms with van der Waals surface area (Å²) >= 11 is 1.65. The van der Waals surface area contributed by atoms with E-state index in [1.54, 1.807) is 33.1 Å².